The van der Waals surface area contributed by atoms with Crippen LogP contribution in [0.25, 0.3) is 0 Å². The lowest BCUT2D eigenvalue weighted by Gasteiger charge is -2.30. The first-order valence-electron chi connectivity index (χ1n) is 9.44. The van der Waals surface area contributed by atoms with Gasteiger partial charge in [0.1, 0.15) is 5.82 Å². The van der Waals surface area contributed by atoms with Gasteiger partial charge in [-0.15, -0.1) is 5.17 Å². The lowest BCUT2D eigenvalue weighted by atomic mass is 9.88. The second-order valence-electron chi connectivity index (χ2n) is 7.07. The summed E-state index contributed by atoms with van der Waals surface area (Å²) in [6.07, 6.45) is 0. The molecule has 162 valence electrons. The molecule has 31 heavy (non-hydrogen) atoms. The minimum absolute atomic E-state index is 0.0482. The molecule has 4 rings (SSSR count). The largest absolute Gasteiger partial charge is 0.286 e. The Morgan fingerprint density at radius 3 is 2.10 bits per heavy atom. The van der Waals surface area contributed by atoms with Gasteiger partial charge in [-0.2, -0.15) is 0 Å². The zero-order valence-corrected chi connectivity index (χ0v) is 18.8. The average molecular weight is 481 g/mol. The van der Waals surface area contributed by atoms with Crippen LogP contribution in [0, 0.1) is 5.82 Å². The van der Waals surface area contributed by atoms with Gasteiger partial charge in [-0.1, -0.05) is 57.9 Å². The Morgan fingerprint density at radius 1 is 0.935 bits per heavy atom. The Bertz CT molecular complexity index is 1170. The lowest BCUT2D eigenvalue weighted by molar-refractivity contribution is -0.212. The summed E-state index contributed by atoms with van der Waals surface area (Å²) in [6, 6.07) is 18.3. The van der Waals surface area contributed by atoms with E-state index in [-0.39, 0.29) is 11.4 Å². The maximum atomic E-state index is 14.8. The molecule has 1 fully saturated rings. The normalized spacial score (nSPS) is 20.3. The van der Waals surface area contributed by atoms with E-state index in [1.807, 2.05) is 0 Å². The van der Waals surface area contributed by atoms with E-state index < -0.39 is 27.8 Å². The summed E-state index contributed by atoms with van der Waals surface area (Å²) in [5, 5.41) is 2.18. The maximum Gasteiger partial charge on any atom is 0.258 e. The summed E-state index contributed by atoms with van der Waals surface area (Å²) in [4.78, 5) is 5.48. The van der Waals surface area contributed by atoms with Gasteiger partial charge in [0, 0.05) is 16.0 Å². The number of hydroxylamine groups is 1. The highest BCUT2D eigenvalue weighted by Crippen LogP contribution is 2.46. The zero-order chi connectivity index (χ0) is 22.2. The van der Waals surface area contributed by atoms with Gasteiger partial charge in [0.2, 0.25) is 0 Å². The number of hydrazine groups is 1. The van der Waals surface area contributed by atoms with Crippen molar-refractivity contribution >= 4 is 33.2 Å². The quantitative estimate of drug-likeness (QED) is 0.487. The second-order valence-corrected chi connectivity index (χ2v) is 9.74. The van der Waals surface area contributed by atoms with Gasteiger partial charge in [-0.05, 0) is 53.6 Å². The van der Waals surface area contributed by atoms with Crippen LogP contribution in [-0.4, -0.2) is 31.7 Å². The monoisotopic (exact) mass is 480 g/mol. The molecule has 0 spiro atoms. The Labute approximate surface area is 190 Å². The van der Waals surface area contributed by atoms with Gasteiger partial charge < -0.3 is 0 Å². The summed E-state index contributed by atoms with van der Waals surface area (Å²) in [7, 11) is -2.68. The molecule has 1 aliphatic heterocycles. The van der Waals surface area contributed by atoms with Crippen molar-refractivity contribution in [1.82, 2.24) is 9.59 Å². The summed E-state index contributed by atoms with van der Waals surface area (Å²) in [6.45, 7) is 0.136. The van der Waals surface area contributed by atoms with Gasteiger partial charge in [-0.25, -0.2) is 12.8 Å². The van der Waals surface area contributed by atoms with E-state index in [0.29, 0.717) is 21.2 Å². The molecule has 1 heterocycles. The van der Waals surface area contributed by atoms with Crippen LogP contribution in [0.5, 0.6) is 0 Å². The summed E-state index contributed by atoms with van der Waals surface area (Å²) < 4.78 is 43.3. The molecular weight excluding hydrogens is 462 g/mol. The fraction of sp³-hybridized carbons (Fsp3) is 0.182. The summed E-state index contributed by atoms with van der Waals surface area (Å²) >= 11 is 12.0. The van der Waals surface area contributed by atoms with E-state index in [2.05, 4.69) is 0 Å². The highest BCUT2D eigenvalue weighted by atomic mass is 35.5. The minimum atomic E-state index is -4.06. The molecule has 5 nitrogen and oxygen atoms in total. The molecule has 0 radical (unpaired) electrons. The third kappa shape index (κ3) is 4.22. The zero-order valence-electron chi connectivity index (χ0n) is 16.5. The molecule has 0 amide bonds. The molecule has 0 N–H and O–H groups in total. The van der Waals surface area contributed by atoms with Gasteiger partial charge in [0.25, 0.3) is 10.0 Å². The second kappa shape index (κ2) is 8.86. The molecule has 9 heteroatoms. The lowest BCUT2D eigenvalue weighted by Crippen LogP contribution is -2.41. The van der Waals surface area contributed by atoms with Crippen molar-refractivity contribution in [3.63, 3.8) is 0 Å². The van der Waals surface area contributed by atoms with Crippen LogP contribution in [0.1, 0.15) is 23.1 Å². The number of halogens is 3. The molecule has 0 aromatic heterocycles. The van der Waals surface area contributed by atoms with Gasteiger partial charge in [0.15, 0.2) is 0 Å². The third-order valence-electron chi connectivity index (χ3n) is 5.28. The molecule has 2 unspecified atom stereocenters. The minimum Gasteiger partial charge on any atom is -0.286 e. The average Bonchev–Trinajstić information content (AvgIpc) is 3.15. The topological polar surface area (TPSA) is 49.9 Å². The Kier molecular flexibility index (Phi) is 6.35. The summed E-state index contributed by atoms with van der Waals surface area (Å²) in [5.41, 5.74) is 1.06. The predicted molar refractivity (Wildman–Crippen MR) is 118 cm³/mol. The predicted octanol–water partition coefficient (Wildman–Crippen LogP) is 5.44. The van der Waals surface area contributed by atoms with Crippen LogP contribution in [0.4, 0.5) is 4.39 Å². The molecule has 0 aliphatic carbocycles. The van der Waals surface area contributed by atoms with Crippen molar-refractivity contribution in [2.24, 2.45) is 0 Å². The highest BCUT2D eigenvalue weighted by molar-refractivity contribution is 7.89. The Morgan fingerprint density at radius 2 is 1.52 bits per heavy atom. The van der Waals surface area contributed by atoms with E-state index in [9.17, 15) is 12.8 Å². The van der Waals surface area contributed by atoms with Crippen molar-refractivity contribution in [2.75, 3.05) is 13.7 Å². The van der Waals surface area contributed by atoms with E-state index in [1.165, 1.54) is 42.6 Å². The van der Waals surface area contributed by atoms with E-state index in [4.69, 9.17) is 28.0 Å². The standard InChI is InChI=1S/C22H19Cl2FN2O3S/c1-30-26-14-20(19-4-2-3-5-21(19)25)22(15-6-8-16(23)9-7-15)27(26)31(28,29)18-12-10-17(24)11-13-18/h2-13,20,22H,14H2,1H3. The van der Waals surface area contributed by atoms with Crippen molar-refractivity contribution < 1.29 is 17.6 Å². The number of sulfonamides is 1. The van der Waals surface area contributed by atoms with E-state index in [1.54, 1.807) is 42.5 Å². The van der Waals surface area contributed by atoms with Crippen molar-refractivity contribution in [3.05, 3.63) is 99.8 Å². The summed E-state index contributed by atoms with van der Waals surface area (Å²) in [5.74, 6) is -0.933. The molecule has 3 aromatic rings. The molecule has 0 saturated carbocycles. The number of hydrogen-bond acceptors (Lipinski definition) is 4. The Hall–Kier alpha value is -2.00. The maximum absolute atomic E-state index is 14.8. The molecule has 0 bridgehead atoms. The van der Waals surface area contributed by atoms with Crippen LogP contribution in [0.3, 0.4) is 0 Å². The van der Waals surface area contributed by atoms with Crippen LogP contribution >= 0.6 is 23.2 Å². The van der Waals surface area contributed by atoms with Crippen LogP contribution in [0.2, 0.25) is 10.0 Å². The van der Waals surface area contributed by atoms with Crippen LogP contribution in [0.15, 0.2) is 77.7 Å². The number of nitrogens with zero attached hydrogens (tertiary/aromatic N) is 2. The fourth-order valence-corrected chi connectivity index (χ4v) is 5.73. The first kappa shape index (κ1) is 22.2. The number of benzene rings is 3. The molecular formula is C22H19Cl2FN2O3S. The van der Waals surface area contributed by atoms with E-state index >= 15 is 0 Å². The first-order valence-corrected chi connectivity index (χ1v) is 11.6. The SMILES string of the molecule is CON1CC(c2ccccc2F)C(c2ccc(Cl)cc2)N1S(=O)(=O)c1ccc(Cl)cc1. The smallest absolute Gasteiger partial charge is 0.258 e. The van der Waals surface area contributed by atoms with Crippen LogP contribution in [-0.2, 0) is 14.9 Å². The van der Waals surface area contributed by atoms with Crippen molar-refractivity contribution in [1.29, 1.82) is 0 Å². The highest BCUT2D eigenvalue weighted by Gasteiger charge is 2.49. The molecule has 2 atom stereocenters. The van der Waals surface area contributed by atoms with Gasteiger partial charge in [-0.3, -0.25) is 4.84 Å². The molecule has 1 aliphatic rings. The first-order chi connectivity index (χ1) is 14.8. The van der Waals surface area contributed by atoms with Crippen LogP contribution < -0.4 is 0 Å². The third-order valence-corrected chi connectivity index (χ3v) is 7.55. The molecule has 3 aromatic carbocycles. The van der Waals surface area contributed by atoms with Crippen molar-refractivity contribution in [2.45, 2.75) is 16.9 Å². The number of hydrogen-bond donors (Lipinski definition) is 0. The fourth-order valence-electron chi connectivity index (χ4n) is 3.84. The van der Waals surface area contributed by atoms with Gasteiger partial charge >= 0.3 is 0 Å². The van der Waals surface area contributed by atoms with Crippen molar-refractivity contribution in [3.8, 4) is 0 Å². The molecule has 1 saturated heterocycles. The van der Waals surface area contributed by atoms with E-state index in [0.717, 1.165) is 4.41 Å². The number of rotatable bonds is 5. The van der Waals surface area contributed by atoms with Gasteiger partial charge in [0.05, 0.1) is 24.6 Å². The Balaban J connectivity index is 1.89.